The molecule has 0 aromatic heterocycles. The molecule has 0 spiro atoms. The van der Waals surface area contributed by atoms with Gasteiger partial charge in [0, 0.05) is 34.7 Å². The maximum atomic E-state index is 11.2. The Balaban J connectivity index is 1.84. The van der Waals surface area contributed by atoms with Crippen LogP contribution in [0.15, 0.2) is 70.6 Å². The van der Waals surface area contributed by atoms with Gasteiger partial charge in [-0.05, 0) is 69.8 Å². The summed E-state index contributed by atoms with van der Waals surface area (Å²) in [4.78, 5) is 9.78. The number of phenols is 2. The molecule has 4 heteroatoms. The van der Waals surface area contributed by atoms with E-state index in [0.717, 1.165) is 47.6 Å². The summed E-state index contributed by atoms with van der Waals surface area (Å²) < 4.78 is 0. The average molecular weight is 563 g/mol. The molecule has 4 aromatic rings. The molecule has 0 amide bonds. The zero-order chi connectivity index (χ0) is 30.7. The van der Waals surface area contributed by atoms with E-state index < -0.39 is 0 Å². The van der Waals surface area contributed by atoms with E-state index >= 15 is 0 Å². The first-order valence-corrected chi connectivity index (χ1v) is 15.2. The normalized spacial score (nSPS) is 12.7. The van der Waals surface area contributed by atoms with E-state index in [1.165, 1.54) is 11.1 Å². The molecule has 0 saturated carbocycles. The molecule has 42 heavy (non-hydrogen) atoms. The molecule has 0 bridgehead atoms. The van der Waals surface area contributed by atoms with Crippen LogP contribution in [0.5, 0.6) is 11.5 Å². The van der Waals surface area contributed by atoms with Crippen molar-refractivity contribution in [2.45, 2.75) is 91.9 Å². The molecule has 4 nitrogen and oxygen atoms in total. The molecule has 0 aliphatic rings. The Morgan fingerprint density at radius 2 is 0.976 bits per heavy atom. The van der Waals surface area contributed by atoms with E-state index in [1.807, 2.05) is 36.4 Å². The van der Waals surface area contributed by atoms with Gasteiger partial charge in [-0.15, -0.1) is 0 Å². The van der Waals surface area contributed by atoms with Crippen molar-refractivity contribution in [2.75, 3.05) is 0 Å². The molecule has 220 valence electrons. The summed E-state index contributed by atoms with van der Waals surface area (Å²) in [6.07, 6.45) is 7.43. The zero-order valence-electron chi connectivity index (χ0n) is 26.5. The third kappa shape index (κ3) is 7.10. The first-order valence-electron chi connectivity index (χ1n) is 15.2. The Labute approximate surface area is 251 Å². The highest BCUT2D eigenvalue weighted by Crippen LogP contribution is 2.38. The minimum Gasteiger partial charge on any atom is -0.507 e. The van der Waals surface area contributed by atoms with Gasteiger partial charge < -0.3 is 10.2 Å². The predicted octanol–water partition coefficient (Wildman–Crippen LogP) is 10.3. The number of rotatable bonds is 8. The maximum Gasteiger partial charge on any atom is 0.128 e. The number of phenolic OH excluding ortho intramolecular Hbond substituents is 2. The van der Waals surface area contributed by atoms with Gasteiger partial charge in [0.05, 0.1) is 11.4 Å². The molecular weight excluding hydrogens is 516 g/mol. The first-order chi connectivity index (χ1) is 19.8. The third-order valence-electron chi connectivity index (χ3n) is 7.62. The summed E-state index contributed by atoms with van der Waals surface area (Å²) in [5.74, 6) is 0.536. The number of aryl methyl sites for hydroxylation is 2. The van der Waals surface area contributed by atoms with Gasteiger partial charge in [0.2, 0.25) is 0 Å². The largest absolute Gasteiger partial charge is 0.507 e. The Kier molecular flexibility index (Phi) is 9.25. The average Bonchev–Trinajstić information content (AvgIpc) is 2.92. The summed E-state index contributed by atoms with van der Waals surface area (Å²) in [5.41, 5.74) is 6.62. The molecule has 0 atom stereocenters. The summed E-state index contributed by atoms with van der Waals surface area (Å²) in [7, 11) is 0. The summed E-state index contributed by atoms with van der Waals surface area (Å²) in [6.45, 7) is 17.0. The second-order valence-corrected chi connectivity index (χ2v) is 13.4. The van der Waals surface area contributed by atoms with E-state index in [9.17, 15) is 10.2 Å². The number of fused-ring (bicyclic) bond motifs is 1. The number of hydrogen-bond acceptors (Lipinski definition) is 4. The van der Waals surface area contributed by atoms with Crippen LogP contribution in [-0.2, 0) is 23.7 Å². The Hall–Kier alpha value is -3.92. The monoisotopic (exact) mass is 562 g/mol. The highest BCUT2D eigenvalue weighted by molar-refractivity contribution is 5.96. The highest BCUT2D eigenvalue weighted by atomic mass is 16.3. The standard InChI is InChI=1S/C38H46N2O2/c1-9-13-25-17-29(35(41)31(19-25)37(3,4)5)23-39-33-21-27-15-11-12-16-28(27)22-34(33)40-24-30-18-26(14-10-2)20-32(36(30)42)38(6,7)8/h11-12,15-24,41-42H,9-10,13-14H2,1-8H3. The van der Waals surface area contributed by atoms with Gasteiger partial charge in [-0.1, -0.05) is 105 Å². The van der Waals surface area contributed by atoms with E-state index in [1.54, 1.807) is 12.4 Å². The highest BCUT2D eigenvalue weighted by Gasteiger charge is 2.22. The van der Waals surface area contributed by atoms with Gasteiger partial charge >= 0.3 is 0 Å². The van der Waals surface area contributed by atoms with Gasteiger partial charge in [-0.3, -0.25) is 9.98 Å². The Morgan fingerprint density at radius 3 is 1.31 bits per heavy atom. The van der Waals surface area contributed by atoms with Crippen LogP contribution in [0.3, 0.4) is 0 Å². The number of nitrogens with zero attached hydrogens (tertiary/aromatic N) is 2. The number of hydrogen-bond donors (Lipinski definition) is 2. The van der Waals surface area contributed by atoms with E-state index in [-0.39, 0.29) is 22.3 Å². The van der Waals surface area contributed by atoms with Crippen molar-refractivity contribution < 1.29 is 10.2 Å². The van der Waals surface area contributed by atoms with Crippen LogP contribution < -0.4 is 0 Å². The fourth-order valence-electron chi connectivity index (χ4n) is 5.35. The van der Waals surface area contributed by atoms with Gasteiger partial charge in [0.25, 0.3) is 0 Å². The van der Waals surface area contributed by atoms with Crippen molar-refractivity contribution in [2.24, 2.45) is 9.98 Å². The van der Waals surface area contributed by atoms with Crippen molar-refractivity contribution in [1.29, 1.82) is 0 Å². The molecule has 0 radical (unpaired) electrons. The summed E-state index contributed by atoms with van der Waals surface area (Å²) in [6, 6.07) is 20.5. The van der Waals surface area contributed by atoms with Crippen molar-refractivity contribution >= 4 is 34.6 Å². The maximum absolute atomic E-state index is 11.2. The summed E-state index contributed by atoms with van der Waals surface area (Å²) in [5, 5.41) is 24.6. The second-order valence-electron chi connectivity index (χ2n) is 13.4. The fraction of sp³-hybridized carbons (Fsp3) is 0.368. The molecule has 0 saturated heterocycles. The topological polar surface area (TPSA) is 65.2 Å². The van der Waals surface area contributed by atoms with Crippen molar-refractivity contribution in [3.05, 3.63) is 94.0 Å². The van der Waals surface area contributed by atoms with Crippen LogP contribution >= 0.6 is 0 Å². The minimum absolute atomic E-state index is 0.199. The second kappa shape index (κ2) is 12.5. The van der Waals surface area contributed by atoms with E-state index in [2.05, 4.69) is 79.7 Å². The van der Waals surface area contributed by atoms with Crippen LogP contribution in [0, 0.1) is 0 Å². The fourth-order valence-corrected chi connectivity index (χ4v) is 5.35. The lowest BCUT2D eigenvalue weighted by Gasteiger charge is -2.22. The Morgan fingerprint density at radius 1 is 0.595 bits per heavy atom. The van der Waals surface area contributed by atoms with E-state index in [4.69, 9.17) is 9.98 Å². The SMILES string of the molecule is CCCc1cc(C=Nc2cc3ccccc3cc2N=Cc2cc(CCC)cc(C(C)(C)C)c2O)c(O)c(C(C)(C)C)c1. The van der Waals surface area contributed by atoms with Gasteiger partial charge in [-0.25, -0.2) is 0 Å². The van der Waals surface area contributed by atoms with Crippen molar-refractivity contribution in [1.82, 2.24) is 0 Å². The smallest absolute Gasteiger partial charge is 0.128 e. The van der Waals surface area contributed by atoms with Crippen molar-refractivity contribution in [3.63, 3.8) is 0 Å². The molecule has 0 aliphatic carbocycles. The van der Waals surface area contributed by atoms with E-state index in [0.29, 0.717) is 22.5 Å². The van der Waals surface area contributed by atoms with Crippen molar-refractivity contribution in [3.8, 4) is 11.5 Å². The molecule has 0 unspecified atom stereocenters. The molecule has 0 heterocycles. The molecule has 4 rings (SSSR count). The lowest BCUT2D eigenvalue weighted by atomic mass is 9.83. The van der Waals surface area contributed by atoms with Gasteiger partial charge in [0.15, 0.2) is 0 Å². The number of aromatic hydroxyl groups is 2. The predicted molar refractivity (Wildman–Crippen MR) is 180 cm³/mol. The summed E-state index contributed by atoms with van der Waals surface area (Å²) >= 11 is 0. The number of benzene rings is 4. The first kappa shape index (κ1) is 31.0. The third-order valence-corrected chi connectivity index (χ3v) is 7.62. The van der Waals surface area contributed by atoms with Gasteiger partial charge in [0.1, 0.15) is 11.5 Å². The minimum atomic E-state index is -0.199. The van der Waals surface area contributed by atoms with Gasteiger partial charge in [-0.2, -0.15) is 0 Å². The van der Waals surface area contributed by atoms with Crippen LogP contribution in [0.25, 0.3) is 10.8 Å². The number of aliphatic imine (C=N–C) groups is 2. The molecule has 2 N–H and O–H groups in total. The lowest BCUT2D eigenvalue weighted by Crippen LogP contribution is -2.13. The molecular formula is C38H46N2O2. The molecule has 0 fully saturated rings. The lowest BCUT2D eigenvalue weighted by molar-refractivity contribution is 0.444. The Bertz CT molecular complexity index is 1510. The zero-order valence-corrected chi connectivity index (χ0v) is 26.5. The van der Waals surface area contributed by atoms with Crippen LogP contribution in [0.4, 0.5) is 11.4 Å². The quantitative estimate of drug-likeness (QED) is 0.210. The van der Waals surface area contributed by atoms with Crippen LogP contribution in [0.1, 0.15) is 102 Å². The van der Waals surface area contributed by atoms with Crippen LogP contribution in [0.2, 0.25) is 0 Å². The molecule has 4 aromatic carbocycles. The molecule has 0 aliphatic heterocycles. The van der Waals surface area contributed by atoms with Crippen LogP contribution in [-0.4, -0.2) is 22.6 Å².